The molecule has 7 nitrogen and oxygen atoms in total. The quantitative estimate of drug-likeness (QED) is 0.791. The average molecular weight is 289 g/mol. The van der Waals surface area contributed by atoms with Crippen LogP contribution in [0.3, 0.4) is 0 Å². The highest BCUT2D eigenvalue weighted by molar-refractivity contribution is 5.95. The summed E-state index contributed by atoms with van der Waals surface area (Å²) in [5.74, 6) is 0.841. The van der Waals surface area contributed by atoms with Crippen LogP contribution in [0, 0.1) is 6.92 Å². The number of nitrogens with zero attached hydrogens (tertiary/aromatic N) is 2. The van der Waals surface area contributed by atoms with Gasteiger partial charge >= 0.3 is 0 Å². The number of amides is 1. The zero-order valence-corrected chi connectivity index (χ0v) is 12.5. The SMILES string of the molecule is Cc1nc(C(C)C)[nH]c(=O)c1C(=O)NC(C)c1ncc[nH]1. The normalized spacial score (nSPS) is 12.4. The summed E-state index contributed by atoms with van der Waals surface area (Å²) in [7, 11) is 0. The lowest BCUT2D eigenvalue weighted by Crippen LogP contribution is -2.34. The van der Waals surface area contributed by atoms with Gasteiger partial charge in [0.05, 0.1) is 11.7 Å². The van der Waals surface area contributed by atoms with Crippen molar-refractivity contribution in [3.05, 3.63) is 45.7 Å². The number of H-pyrrole nitrogens is 2. The summed E-state index contributed by atoms with van der Waals surface area (Å²) in [5, 5.41) is 2.74. The minimum Gasteiger partial charge on any atom is -0.347 e. The van der Waals surface area contributed by atoms with Crippen LogP contribution in [0.1, 0.15) is 60.4 Å². The Balaban J connectivity index is 2.26. The van der Waals surface area contributed by atoms with Crippen molar-refractivity contribution < 1.29 is 4.79 Å². The summed E-state index contributed by atoms with van der Waals surface area (Å²) >= 11 is 0. The summed E-state index contributed by atoms with van der Waals surface area (Å²) in [4.78, 5) is 38.3. The van der Waals surface area contributed by atoms with Crippen molar-refractivity contribution >= 4 is 5.91 Å². The van der Waals surface area contributed by atoms with Crippen molar-refractivity contribution in [3.8, 4) is 0 Å². The molecule has 0 spiro atoms. The van der Waals surface area contributed by atoms with Gasteiger partial charge in [0.2, 0.25) is 0 Å². The van der Waals surface area contributed by atoms with E-state index in [0.29, 0.717) is 17.3 Å². The number of rotatable bonds is 4. The van der Waals surface area contributed by atoms with Gasteiger partial charge in [0, 0.05) is 18.3 Å². The molecule has 0 saturated carbocycles. The lowest BCUT2D eigenvalue weighted by Gasteiger charge is -2.13. The predicted octanol–water partition coefficient (Wildman–Crippen LogP) is 1.42. The van der Waals surface area contributed by atoms with Crippen LogP contribution in [0.2, 0.25) is 0 Å². The van der Waals surface area contributed by atoms with E-state index in [1.54, 1.807) is 26.2 Å². The minimum atomic E-state index is -0.458. The molecule has 1 atom stereocenters. The van der Waals surface area contributed by atoms with Crippen LogP contribution in [-0.2, 0) is 0 Å². The summed E-state index contributed by atoms with van der Waals surface area (Å²) in [6, 6.07) is -0.323. The van der Waals surface area contributed by atoms with E-state index in [-0.39, 0.29) is 17.5 Å². The number of aromatic nitrogens is 4. The molecule has 21 heavy (non-hydrogen) atoms. The van der Waals surface area contributed by atoms with E-state index in [2.05, 4.69) is 25.3 Å². The maximum Gasteiger partial charge on any atom is 0.264 e. The average Bonchev–Trinajstić information content (AvgIpc) is 2.91. The number of aryl methyl sites for hydroxylation is 1. The third-order valence-corrected chi connectivity index (χ3v) is 3.17. The van der Waals surface area contributed by atoms with Crippen LogP contribution in [-0.4, -0.2) is 25.8 Å². The third kappa shape index (κ3) is 3.18. The molecule has 0 fully saturated rings. The third-order valence-electron chi connectivity index (χ3n) is 3.17. The van der Waals surface area contributed by atoms with E-state index >= 15 is 0 Å². The van der Waals surface area contributed by atoms with Crippen LogP contribution in [0.5, 0.6) is 0 Å². The smallest absolute Gasteiger partial charge is 0.264 e. The van der Waals surface area contributed by atoms with E-state index in [1.807, 2.05) is 13.8 Å². The summed E-state index contributed by atoms with van der Waals surface area (Å²) in [6.45, 7) is 7.30. The van der Waals surface area contributed by atoms with Crippen LogP contribution in [0.4, 0.5) is 0 Å². The lowest BCUT2D eigenvalue weighted by molar-refractivity contribution is 0.0935. The van der Waals surface area contributed by atoms with E-state index in [0.717, 1.165) is 0 Å². The number of imidazole rings is 1. The van der Waals surface area contributed by atoms with E-state index in [4.69, 9.17) is 0 Å². The highest BCUT2D eigenvalue weighted by atomic mass is 16.2. The molecule has 0 aliphatic rings. The highest BCUT2D eigenvalue weighted by Crippen LogP contribution is 2.10. The Hall–Kier alpha value is -2.44. The summed E-state index contributed by atoms with van der Waals surface area (Å²) < 4.78 is 0. The predicted molar refractivity (Wildman–Crippen MR) is 78.2 cm³/mol. The molecule has 0 bridgehead atoms. The molecule has 3 N–H and O–H groups in total. The zero-order chi connectivity index (χ0) is 15.6. The van der Waals surface area contributed by atoms with Crippen molar-refractivity contribution in [2.45, 2.75) is 39.7 Å². The summed E-state index contributed by atoms with van der Waals surface area (Å²) in [5.41, 5.74) is 0.0414. The largest absolute Gasteiger partial charge is 0.347 e. The van der Waals surface area contributed by atoms with Gasteiger partial charge in [-0.1, -0.05) is 13.8 Å². The zero-order valence-electron chi connectivity index (χ0n) is 12.5. The molecule has 0 aromatic carbocycles. The number of hydrogen-bond acceptors (Lipinski definition) is 4. The molecule has 2 heterocycles. The standard InChI is InChI=1S/C14H19N5O2/c1-7(2)11-17-8(3)10(14(21)19-11)13(20)18-9(4)12-15-5-6-16-12/h5-7,9H,1-4H3,(H,15,16)(H,18,20)(H,17,19,21). The molecule has 0 aliphatic carbocycles. The van der Waals surface area contributed by atoms with Gasteiger partial charge in [0.15, 0.2) is 0 Å². The molecule has 2 rings (SSSR count). The Morgan fingerprint density at radius 1 is 1.29 bits per heavy atom. The lowest BCUT2D eigenvalue weighted by atomic mass is 10.1. The second kappa shape index (κ2) is 5.90. The number of nitrogens with one attached hydrogen (secondary N) is 3. The number of carbonyl (C=O) groups excluding carboxylic acids is 1. The Morgan fingerprint density at radius 2 is 2.00 bits per heavy atom. The van der Waals surface area contributed by atoms with E-state index in [9.17, 15) is 9.59 Å². The van der Waals surface area contributed by atoms with E-state index in [1.165, 1.54) is 0 Å². The fraction of sp³-hybridized carbons (Fsp3) is 0.429. The molecule has 112 valence electrons. The molecule has 1 unspecified atom stereocenters. The van der Waals surface area contributed by atoms with Crippen molar-refractivity contribution in [3.63, 3.8) is 0 Å². The highest BCUT2D eigenvalue weighted by Gasteiger charge is 2.20. The molecule has 0 aliphatic heterocycles. The molecule has 1 amide bonds. The van der Waals surface area contributed by atoms with E-state index < -0.39 is 11.5 Å². The maximum absolute atomic E-state index is 12.3. The number of hydrogen-bond donors (Lipinski definition) is 3. The minimum absolute atomic E-state index is 0.0396. The second-order valence-corrected chi connectivity index (χ2v) is 5.24. The fourth-order valence-electron chi connectivity index (χ4n) is 2.00. The summed E-state index contributed by atoms with van der Waals surface area (Å²) in [6.07, 6.45) is 3.28. The molecular weight excluding hydrogens is 270 g/mol. The molecule has 0 saturated heterocycles. The van der Waals surface area contributed by atoms with Gasteiger partial charge in [0.1, 0.15) is 17.2 Å². The first-order valence-corrected chi connectivity index (χ1v) is 6.81. The Morgan fingerprint density at radius 3 is 2.52 bits per heavy atom. The number of aromatic amines is 2. The Labute approximate surface area is 122 Å². The molecular formula is C14H19N5O2. The first kappa shape index (κ1) is 15.0. The van der Waals surface area contributed by atoms with Gasteiger partial charge < -0.3 is 15.3 Å². The molecule has 2 aromatic rings. The first-order valence-electron chi connectivity index (χ1n) is 6.81. The molecule has 7 heteroatoms. The van der Waals surface area contributed by atoms with Crippen LogP contribution >= 0.6 is 0 Å². The van der Waals surface area contributed by atoms with Gasteiger partial charge in [-0.3, -0.25) is 9.59 Å². The van der Waals surface area contributed by atoms with Crippen LogP contribution in [0.15, 0.2) is 17.2 Å². The molecule has 2 aromatic heterocycles. The number of carbonyl (C=O) groups is 1. The van der Waals surface area contributed by atoms with Gasteiger partial charge in [-0.2, -0.15) is 0 Å². The maximum atomic E-state index is 12.3. The van der Waals surface area contributed by atoms with Crippen molar-refractivity contribution in [1.29, 1.82) is 0 Å². The van der Waals surface area contributed by atoms with Gasteiger partial charge in [-0.05, 0) is 13.8 Å². The van der Waals surface area contributed by atoms with Crippen molar-refractivity contribution in [1.82, 2.24) is 25.3 Å². The monoisotopic (exact) mass is 289 g/mol. The van der Waals surface area contributed by atoms with Gasteiger partial charge in [-0.15, -0.1) is 0 Å². The van der Waals surface area contributed by atoms with Gasteiger partial charge in [-0.25, -0.2) is 9.97 Å². The van der Waals surface area contributed by atoms with Gasteiger partial charge in [0.25, 0.3) is 11.5 Å². The molecule has 0 radical (unpaired) electrons. The van der Waals surface area contributed by atoms with Crippen molar-refractivity contribution in [2.24, 2.45) is 0 Å². The fourth-order valence-corrected chi connectivity index (χ4v) is 2.00. The first-order chi connectivity index (χ1) is 9.90. The topological polar surface area (TPSA) is 104 Å². The van der Waals surface area contributed by atoms with Crippen LogP contribution < -0.4 is 10.9 Å². The van der Waals surface area contributed by atoms with Crippen LogP contribution in [0.25, 0.3) is 0 Å². The second-order valence-electron chi connectivity index (χ2n) is 5.24. The Bertz CT molecular complexity index is 688. The van der Waals surface area contributed by atoms with Crippen molar-refractivity contribution in [2.75, 3.05) is 0 Å². The Kier molecular flexibility index (Phi) is 4.21.